The number of hydrogen-bond donors (Lipinski definition) is 2. The number of aromatic nitrogens is 1. The average Bonchev–Trinajstić information content (AvgIpc) is 2.35. The van der Waals surface area contributed by atoms with E-state index in [1.165, 1.54) is 12.3 Å². The van der Waals surface area contributed by atoms with Crippen LogP contribution >= 0.6 is 0 Å². The van der Waals surface area contributed by atoms with E-state index in [9.17, 15) is 9.18 Å². The topological polar surface area (TPSA) is 71.2 Å². The van der Waals surface area contributed by atoms with Gasteiger partial charge in [-0.2, -0.15) is 0 Å². The van der Waals surface area contributed by atoms with Gasteiger partial charge in [-0.05, 0) is 18.9 Å². The van der Waals surface area contributed by atoms with E-state index in [-0.39, 0.29) is 17.3 Å². The van der Waals surface area contributed by atoms with Crippen LogP contribution in [-0.4, -0.2) is 28.9 Å². The van der Waals surface area contributed by atoms with Gasteiger partial charge in [0.2, 0.25) is 0 Å². The molecule has 1 aromatic rings. The van der Waals surface area contributed by atoms with Crippen molar-refractivity contribution in [3.05, 3.63) is 23.6 Å². The number of nitrogens with two attached hydrogens (primary N) is 1. The summed E-state index contributed by atoms with van der Waals surface area (Å²) in [5.41, 5.74) is 2.12. The Morgan fingerprint density at radius 2 is 2.28 bits per heavy atom. The standard InChI is InChI=1S/C12H19FN4O/c1-4-17(7-8(2)3)12(18)9-5-6-15-11(16-14)10(9)13/h5-6,8H,4,7,14H2,1-3H3,(H,15,16). The summed E-state index contributed by atoms with van der Waals surface area (Å²) in [6, 6.07) is 1.36. The molecule has 6 heteroatoms. The Balaban J connectivity index is 3.02. The molecule has 0 aromatic carbocycles. The van der Waals surface area contributed by atoms with Crippen LogP contribution in [-0.2, 0) is 0 Å². The highest BCUT2D eigenvalue weighted by molar-refractivity contribution is 5.95. The second-order valence-electron chi connectivity index (χ2n) is 4.40. The third-order valence-corrected chi connectivity index (χ3v) is 2.51. The highest BCUT2D eigenvalue weighted by Crippen LogP contribution is 2.16. The van der Waals surface area contributed by atoms with Gasteiger partial charge in [-0.1, -0.05) is 13.8 Å². The maximum atomic E-state index is 13.9. The summed E-state index contributed by atoms with van der Waals surface area (Å²) in [5, 5.41) is 0. The zero-order valence-corrected chi connectivity index (χ0v) is 10.9. The fourth-order valence-corrected chi connectivity index (χ4v) is 1.68. The minimum Gasteiger partial charge on any atom is -0.339 e. The molecule has 0 unspecified atom stereocenters. The molecular formula is C12H19FN4O. The summed E-state index contributed by atoms with van der Waals surface area (Å²) in [6.45, 7) is 6.99. The third kappa shape index (κ3) is 3.16. The van der Waals surface area contributed by atoms with E-state index in [1.54, 1.807) is 4.90 Å². The number of rotatable bonds is 5. The Labute approximate surface area is 106 Å². The number of halogens is 1. The number of hydrogen-bond acceptors (Lipinski definition) is 4. The van der Waals surface area contributed by atoms with E-state index in [0.717, 1.165) is 0 Å². The zero-order chi connectivity index (χ0) is 13.7. The van der Waals surface area contributed by atoms with Crippen LogP contribution in [0.4, 0.5) is 10.2 Å². The van der Waals surface area contributed by atoms with E-state index in [1.807, 2.05) is 20.8 Å². The van der Waals surface area contributed by atoms with Crippen molar-refractivity contribution in [1.29, 1.82) is 0 Å². The lowest BCUT2D eigenvalue weighted by Crippen LogP contribution is -2.34. The second-order valence-corrected chi connectivity index (χ2v) is 4.40. The van der Waals surface area contributed by atoms with Gasteiger partial charge in [0.25, 0.3) is 5.91 Å². The number of pyridine rings is 1. The van der Waals surface area contributed by atoms with E-state index >= 15 is 0 Å². The molecule has 0 aliphatic heterocycles. The van der Waals surface area contributed by atoms with Crippen LogP contribution in [0.3, 0.4) is 0 Å². The first-order chi connectivity index (χ1) is 8.51. The molecule has 1 aromatic heterocycles. The molecule has 0 atom stereocenters. The first-order valence-electron chi connectivity index (χ1n) is 5.91. The maximum Gasteiger partial charge on any atom is 0.257 e. The number of nitrogen functional groups attached to an aromatic ring is 1. The number of amides is 1. The van der Waals surface area contributed by atoms with Gasteiger partial charge >= 0.3 is 0 Å². The molecular weight excluding hydrogens is 235 g/mol. The zero-order valence-electron chi connectivity index (χ0n) is 10.9. The maximum absolute atomic E-state index is 13.9. The molecule has 0 aliphatic rings. The second kappa shape index (κ2) is 6.30. The fourth-order valence-electron chi connectivity index (χ4n) is 1.68. The Hall–Kier alpha value is -1.69. The number of nitrogens with one attached hydrogen (secondary N) is 1. The van der Waals surface area contributed by atoms with Gasteiger partial charge in [-0.15, -0.1) is 0 Å². The van der Waals surface area contributed by atoms with Gasteiger partial charge in [-0.25, -0.2) is 15.2 Å². The van der Waals surface area contributed by atoms with Gasteiger partial charge in [-0.3, -0.25) is 4.79 Å². The molecule has 18 heavy (non-hydrogen) atoms. The molecule has 5 nitrogen and oxygen atoms in total. The molecule has 1 amide bonds. The molecule has 0 radical (unpaired) electrons. The molecule has 0 fully saturated rings. The number of carbonyl (C=O) groups is 1. The van der Waals surface area contributed by atoms with Crippen molar-refractivity contribution in [2.24, 2.45) is 11.8 Å². The van der Waals surface area contributed by atoms with E-state index in [2.05, 4.69) is 10.4 Å². The normalized spacial score (nSPS) is 10.6. The number of hydrazine groups is 1. The highest BCUT2D eigenvalue weighted by Gasteiger charge is 2.20. The molecule has 1 heterocycles. The molecule has 3 N–H and O–H groups in total. The summed E-state index contributed by atoms with van der Waals surface area (Å²) >= 11 is 0. The van der Waals surface area contributed by atoms with Gasteiger partial charge < -0.3 is 10.3 Å². The first-order valence-corrected chi connectivity index (χ1v) is 5.91. The van der Waals surface area contributed by atoms with Crippen molar-refractivity contribution in [1.82, 2.24) is 9.88 Å². The van der Waals surface area contributed by atoms with E-state index in [4.69, 9.17) is 5.84 Å². The van der Waals surface area contributed by atoms with Crippen LogP contribution in [0.5, 0.6) is 0 Å². The lowest BCUT2D eigenvalue weighted by molar-refractivity contribution is 0.0741. The van der Waals surface area contributed by atoms with Gasteiger partial charge in [0.1, 0.15) is 0 Å². The van der Waals surface area contributed by atoms with Crippen molar-refractivity contribution in [2.75, 3.05) is 18.5 Å². The predicted octanol–water partition coefficient (Wildman–Crippen LogP) is 1.62. The summed E-state index contributed by atoms with van der Waals surface area (Å²) in [5.74, 6) is 4.27. The third-order valence-electron chi connectivity index (χ3n) is 2.51. The van der Waals surface area contributed by atoms with Crippen molar-refractivity contribution < 1.29 is 9.18 Å². The minimum atomic E-state index is -0.716. The van der Waals surface area contributed by atoms with Crippen molar-refractivity contribution in [2.45, 2.75) is 20.8 Å². The van der Waals surface area contributed by atoms with Crippen molar-refractivity contribution in [3.63, 3.8) is 0 Å². The monoisotopic (exact) mass is 254 g/mol. The number of anilines is 1. The molecule has 0 saturated carbocycles. The molecule has 1 rings (SSSR count). The van der Waals surface area contributed by atoms with Crippen LogP contribution in [0.2, 0.25) is 0 Å². The Morgan fingerprint density at radius 1 is 1.61 bits per heavy atom. The van der Waals surface area contributed by atoms with E-state index < -0.39 is 5.82 Å². The van der Waals surface area contributed by atoms with E-state index in [0.29, 0.717) is 19.0 Å². The summed E-state index contributed by atoms with van der Waals surface area (Å²) < 4.78 is 13.9. The molecule has 0 saturated heterocycles. The van der Waals surface area contributed by atoms with Crippen LogP contribution in [0.1, 0.15) is 31.1 Å². The Morgan fingerprint density at radius 3 is 2.78 bits per heavy atom. The van der Waals surface area contributed by atoms with Crippen molar-refractivity contribution >= 4 is 11.7 Å². The van der Waals surface area contributed by atoms with Gasteiger partial charge in [0.15, 0.2) is 11.6 Å². The first kappa shape index (κ1) is 14.4. The Bertz CT molecular complexity index is 423. The average molecular weight is 254 g/mol. The van der Waals surface area contributed by atoms with Gasteiger partial charge in [0, 0.05) is 19.3 Å². The lowest BCUT2D eigenvalue weighted by Gasteiger charge is -2.23. The van der Waals surface area contributed by atoms with Crippen LogP contribution in [0.15, 0.2) is 12.3 Å². The SMILES string of the molecule is CCN(CC(C)C)C(=O)c1ccnc(NN)c1F. The molecule has 0 bridgehead atoms. The summed E-state index contributed by atoms with van der Waals surface area (Å²) in [6.07, 6.45) is 1.36. The van der Waals surface area contributed by atoms with Gasteiger partial charge in [0.05, 0.1) is 5.56 Å². The molecule has 100 valence electrons. The number of carbonyl (C=O) groups excluding carboxylic acids is 1. The fraction of sp³-hybridized carbons (Fsp3) is 0.500. The minimum absolute atomic E-state index is 0.0135. The lowest BCUT2D eigenvalue weighted by atomic mass is 10.1. The quantitative estimate of drug-likeness (QED) is 0.619. The van der Waals surface area contributed by atoms with Crippen molar-refractivity contribution in [3.8, 4) is 0 Å². The summed E-state index contributed by atoms with van der Waals surface area (Å²) in [4.78, 5) is 17.5. The smallest absolute Gasteiger partial charge is 0.257 e. The highest BCUT2D eigenvalue weighted by atomic mass is 19.1. The molecule has 0 spiro atoms. The van der Waals surface area contributed by atoms with Crippen LogP contribution < -0.4 is 11.3 Å². The van der Waals surface area contributed by atoms with Crippen LogP contribution in [0.25, 0.3) is 0 Å². The largest absolute Gasteiger partial charge is 0.339 e. The summed E-state index contributed by atoms with van der Waals surface area (Å²) in [7, 11) is 0. The Kier molecular flexibility index (Phi) is 5.03. The number of nitrogens with zero attached hydrogens (tertiary/aromatic N) is 2. The molecule has 0 aliphatic carbocycles. The van der Waals surface area contributed by atoms with Crippen LogP contribution in [0, 0.1) is 11.7 Å². The predicted molar refractivity (Wildman–Crippen MR) is 68.4 cm³/mol.